The number of fused-ring (bicyclic) bond motifs is 7. The minimum Gasteiger partial charge on any atom is -0.394 e. The van der Waals surface area contributed by atoms with Crippen LogP contribution in [0.1, 0.15) is 127 Å². The van der Waals surface area contributed by atoms with E-state index in [0.29, 0.717) is 24.7 Å². The quantitative estimate of drug-likeness (QED) is 0.157. The second-order valence-electron chi connectivity index (χ2n) is 24.0. The first kappa shape index (κ1) is 49.3. The van der Waals surface area contributed by atoms with Gasteiger partial charge in [0, 0.05) is 6.42 Å². The molecule has 0 unspecified atom stereocenters. The molecule has 0 spiro atoms. The van der Waals surface area contributed by atoms with Gasteiger partial charge in [0.15, 0.2) is 24.7 Å². The normalized spacial score (nSPS) is 58.7. The fraction of sp³-hybridized carbons (Fsp3) is 1.00. The van der Waals surface area contributed by atoms with Crippen LogP contribution in [0.15, 0.2) is 0 Å². The third-order valence-electron chi connectivity index (χ3n) is 20.0. The van der Waals surface area contributed by atoms with Gasteiger partial charge in [-0.25, -0.2) is 0 Å². The fourth-order valence-electron chi connectivity index (χ4n) is 16.0. The van der Waals surface area contributed by atoms with Crippen molar-refractivity contribution >= 4 is 0 Å². The highest BCUT2D eigenvalue weighted by atomic mass is 16.8. The highest BCUT2D eigenvalue weighted by molar-refractivity contribution is 5.22. The molecular formula is C48H80O17. The van der Waals surface area contributed by atoms with Crippen LogP contribution in [0.25, 0.3) is 0 Å². The fourth-order valence-corrected chi connectivity index (χ4v) is 16.0. The maximum Gasteiger partial charge on any atom is 0.197 e. The molecule has 0 amide bonds. The molecular weight excluding hydrogens is 849 g/mol. The van der Waals surface area contributed by atoms with Crippen LogP contribution in [0.4, 0.5) is 0 Å². The molecule has 26 atom stereocenters. The van der Waals surface area contributed by atoms with E-state index < -0.39 is 122 Å². The van der Waals surface area contributed by atoms with Gasteiger partial charge in [0.05, 0.1) is 36.6 Å². The molecule has 4 saturated carbocycles. The zero-order valence-electron chi connectivity index (χ0n) is 40.0. The lowest BCUT2D eigenvalue weighted by Crippen LogP contribution is -2.68. The third kappa shape index (κ3) is 7.24. The van der Waals surface area contributed by atoms with E-state index >= 15 is 0 Å². The van der Waals surface area contributed by atoms with E-state index in [0.717, 1.165) is 44.9 Å². The number of aliphatic hydroxyl groups excluding tert-OH is 8. The Kier molecular flexibility index (Phi) is 12.5. The van der Waals surface area contributed by atoms with Gasteiger partial charge in [-0.05, 0) is 131 Å². The lowest BCUT2D eigenvalue weighted by Gasteiger charge is -2.71. The SMILES string of the molecule is C[C@@H]1O[C@@H](O[C@H]2[C@H](O[C@H]3CC[C@@]4(C)[C@H](CC[C@]5(C)[C@@H]4C[C@H]4O[C@@]6(C(C)(C)O)CC[C@](C)(O6)[C@H]6CC[C@]5(C)[C@H]46)C3(C)C)O[C@H](CO)[C@@H](O)[C@@H]2O[C@@H]2O[C@@H](C)[C@H](O)[C@@H](O)[C@H]2O)[C@H](O)[C@H](O)[C@H]1O. The van der Waals surface area contributed by atoms with E-state index in [1.807, 2.05) is 13.8 Å². The second kappa shape index (κ2) is 16.4. The number of rotatable bonds is 8. The Balaban J connectivity index is 1.02. The van der Waals surface area contributed by atoms with E-state index in [1.54, 1.807) is 0 Å². The zero-order valence-corrected chi connectivity index (χ0v) is 40.0. The van der Waals surface area contributed by atoms with Crippen molar-refractivity contribution in [1.29, 1.82) is 0 Å². The van der Waals surface area contributed by atoms with E-state index in [2.05, 4.69) is 41.5 Å². The van der Waals surface area contributed by atoms with Gasteiger partial charge in [0.25, 0.3) is 0 Å². The highest BCUT2D eigenvalue weighted by Crippen LogP contribution is 2.78. The van der Waals surface area contributed by atoms with Crippen molar-refractivity contribution in [2.24, 2.45) is 45.3 Å². The molecule has 2 bridgehead atoms. The summed E-state index contributed by atoms with van der Waals surface area (Å²) in [5.41, 5.74) is -2.21. The van der Waals surface area contributed by atoms with Gasteiger partial charge in [0.2, 0.25) is 0 Å². The Morgan fingerprint density at radius 1 is 0.600 bits per heavy atom. The molecule has 0 aromatic rings. The van der Waals surface area contributed by atoms with Crippen LogP contribution in [-0.4, -0.2) is 174 Å². The van der Waals surface area contributed by atoms with Crippen molar-refractivity contribution in [3.05, 3.63) is 0 Å². The minimum absolute atomic E-state index is 0.00653. The summed E-state index contributed by atoms with van der Waals surface area (Å²) in [6, 6.07) is 0. The first-order valence-electron chi connectivity index (χ1n) is 24.6. The average molecular weight is 929 g/mol. The largest absolute Gasteiger partial charge is 0.394 e. The highest BCUT2D eigenvalue weighted by Gasteiger charge is 2.75. The summed E-state index contributed by atoms with van der Waals surface area (Å²) >= 11 is 0. The molecule has 0 aromatic carbocycles. The van der Waals surface area contributed by atoms with Gasteiger partial charge in [-0.15, -0.1) is 0 Å². The van der Waals surface area contributed by atoms with Crippen LogP contribution in [0.5, 0.6) is 0 Å². The lowest BCUT2D eigenvalue weighted by atomic mass is 9.35. The molecule has 9 N–H and O–H groups in total. The monoisotopic (exact) mass is 929 g/mol. The van der Waals surface area contributed by atoms with Gasteiger partial charge in [-0.3, -0.25) is 0 Å². The summed E-state index contributed by atoms with van der Waals surface area (Å²) in [4.78, 5) is 0. The minimum atomic E-state index is -1.76. The molecule has 5 heterocycles. The van der Waals surface area contributed by atoms with Crippen LogP contribution >= 0.6 is 0 Å². The molecule has 17 nitrogen and oxygen atoms in total. The van der Waals surface area contributed by atoms with Gasteiger partial charge in [-0.2, -0.15) is 0 Å². The van der Waals surface area contributed by atoms with E-state index in [-0.39, 0.29) is 39.8 Å². The van der Waals surface area contributed by atoms with E-state index in [9.17, 15) is 46.0 Å². The average Bonchev–Trinajstić information content (AvgIpc) is 3.76. The molecule has 5 saturated heterocycles. The molecule has 0 aromatic heterocycles. The summed E-state index contributed by atoms with van der Waals surface area (Å²) in [5.74, 6) is -0.00752. The summed E-state index contributed by atoms with van der Waals surface area (Å²) in [6.45, 7) is 20.2. The van der Waals surface area contributed by atoms with Crippen molar-refractivity contribution in [1.82, 2.24) is 0 Å². The molecule has 9 rings (SSSR count). The molecule has 0 radical (unpaired) electrons. The summed E-state index contributed by atoms with van der Waals surface area (Å²) in [5, 5.41) is 98.5. The Hall–Kier alpha value is -0.680. The first-order chi connectivity index (χ1) is 30.2. The van der Waals surface area contributed by atoms with Crippen molar-refractivity contribution in [3.63, 3.8) is 0 Å². The molecule has 9 fully saturated rings. The maximum atomic E-state index is 11.7. The van der Waals surface area contributed by atoms with Crippen LogP contribution < -0.4 is 0 Å². The lowest BCUT2D eigenvalue weighted by molar-refractivity contribution is -0.398. The molecule has 9 aliphatic rings. The van der Waals surface area contributed by atoms with Crippen molar-refractivity contribution < 1.29 is 83.9 Å². The number of aliphatic hydroxyl groups is 9. The molecule has 17 heteroatoms. The summed E-state index contributed by atoms with van der Waals surface area (Å²) in [7, 11) is 0. The van der Waals surface area contributed by atoms with Gasteiger partial charge in [-0.1, -0.05) is 34.6 Å². The third-order valence-corrected chi connectivity index (χ3v) is 20.0. The maximum absolute atomic E-state index is 11.7. The smallest absolute Gasteiger partial charge is 0.197 e. The first-order valence-corrected chi connectivity index (χ1v) is 24.6. The van der Waals surface area contributed by atoms with Gasteiger partial charge in [0.1, 0.15) is 66.6 Å². The van der Waals surface area contributed by atoms with Gasteiger partial charge >= 0.3 is 0 Å². The molecule has 4 aliphatic carbocycles. The number of ether oxygens (including phenoxy) is 8. The standard InChI is InChI=1S/C48H80O17/c1-21-30(50)33(53)35(55)39(58-21)62-37-32(52)25(20-49)60-41(38(37)63-40-36(56)34(54)31(51)22(2)59-40)61-28-13-14-44(7)26(42(28,3)4)12-16-45(8)27(44)19-24-29-23(11-15-46(29,45)9)47(10)17-18-48(64-24,65-47)43(5,6)57/h21-41,49-57H,11-20H2,1-10H3/t21-,22-,23-,24+,25+,26+,27+,28-,29-,30-,31-,32+,33+,34+,35+,36+,37-,38+,39-,40-,41-,44-,45+,46+,47-,48-/m0/s1. The molecule has 374 valence electrons. The van der Waals surface area contributed by atoms with E-state index in [4.69, 9.17) is 37.9 Å². The van der Waals surface area contributed by atoms with Crippen molar-refractivity contribution in [2.75, 3.05) is 6.61 Å². The number of hydrogen-bond acceptors (Lipinski definition) is 17. The predicted octanol–water partition coefficient (Wildman–Crippen LogP) is 1.61. The van der Waals surface area contributed by atoms with E-state index in [1.165, 1.54) is 13.8 Å². The number of hydrogen-bond donors (Lipinski definition) is 9. The van der Waals surface area contributed by atoms with Crippen molar-refractivity contribution in [2.45, 2.75) is 248 Å². The Morgan fingerprint density at radius 3 is 1.77 bits per heavy atom. The van der Waals surface area contributed by atoms with Crippen LogP contribution in [0.3, 0.4) is 0 Å². The van der Waals surface area contributed by atoms with Crippen molar-refractivity contribution in [3.8, 4) is 0 Å². The molecule has 65 heavy (non-hydrogen) atoms. The summed E-state index contributed by atoms with van der Waals surface area (Å²) in [6.07, 6.45) is -14.7. The Morgan fingerprint density at radius 2 is 1.18 bits per heavy atom. The Labute approximate surface area is 383 Å². The van der Waals surface area contributed by atoms with Crippen LogP contribution in [0.2, 0.25) is 0 Å². The zero-order chi connectivity index (χ0) is 47.4. The topological polar surface area (TPSA) is 256 Å². The second-order valence-corrected chi connectivity index (χ2v) is 24.0. The van der Waals surface area contributed by atoms with Gasteiger partial charge < -0.3 is 83.9 Å². The predicted molar refractivity (Wildman–Crippen MR) is 228 cm³/mol. The van der Waals surface area contributed by atoms with Crippen LogP contribution in [0, 0.1) is 45.3 Å². The van der Waals surface area contributed by atoms with Crippen LogP contribution in [-0.2, 0) is 37.9 Å². The Bertz CT molecular complexity index is 1750. The summed E-state index contributed by atoms with van der Waals surface area (Å²) < 4.78 is 52.0. The molecule has 5 aliphatic heterocycles.